The van der Waals surface area contributed by atoms with Crippen molar-refractivity contribution in [3.05, 3.63) is 35.9 Å². The van der Waals surface area contributed by atoms with Gasteiger partial charge >= 0.3 is 0 Å². The minimum Gasteiger partial charge on any atom is -0.379 e. The molecule has 0 saturated carbocycles. The lowest BCUT2D eigenvalue weighted by Gasteiger charge is -2.26. The zero-order valence-electron chi connectivity index (χ0n) is 16.1. The largest absolute Gasteiger partial charge is 0.379 e. The van der Waals surface area contributed by atoms with Gasteiger partial charge < -0.3 is 20.3 Å². The van der Waals surface area contributed by atoms with Gasteiger partial charge in [-0.05, 0) is 12.0 Å². The Kier molecular flexibility index (Phi) is 7.39. The fourth-order valence-corrected chi connectivity index (χ4v) is 3.51. The minimum absolute atomic E-state index is 0.0287. The van der Waals surface area contributed by atoms with Crippen molar-refractivity contribution >= 4 is 17.7 Å². The van der Waals surface area contributed by atoms with Crippen LogP contribution >= 0.6 is 0 Å². The number of rotatable bonds is 8. The van der Waals surface area contributed by atoms with Crippen molar-refractivity contribution in [2.75, 3.05) is 45.9 Å². The molecule has 1 aromatic carbocycles. The van der Waals surface area contributed by atoms with Crippen molar-refractivity contribution in [1.82, 2.24) is 20.4 Å². The topological polar surface area (TPSA) is 91.0 Å². The molecule has 0 bridgehead atoms. The highest BCUT2D eigenvalue weighted by atomic mass is 16.5. The van der Waals surface area contributed by atoms with E-state index in [1.807, 2.05) is 30.3 Å². The quantitative estimate of drug-likeness (QED) is 0.641. The van der Waals surface area contributed by atoms with Crippen LogP contribution in [0.4, 0.5) is 0 Å². The van der Waals surface area contributed by atoms with E-state index in [9.17, 15) is 14.4 Å². The second kappa shape index (κ2) is 10.2. The zero-order chi connectivity index (χ0) is 19.8. The van der Waals surface area contributed by atoms with E-state index in [1.165, 1.54) is 0 Å². The van der Waals surface area contributed by atoms with Crippen molar-refractivity contribution < 1.29 is 19.1 Å². The van der Waals surface area contributed by atoms with Crippen LogP contribution < -0.4 is 10.6 Å². The van der Waals surface area contributed by atoms with E-state index >= 15 is 0 Å². The van der Waals surface area contributed by atoms with Crippen LogP contribution in [0.2, 0.25) is 0 Å². The Hall–Kier alpha value is -2.45. The molecule has 28 heavy (non-hydrogen) atoms. The summed E-state index contributed by atoms with van der Waals surface area (Å²) in [5.74, 6) is -0.524. The number of likely N-dealkylation sites (tertiary alicyclic amines) is 1. The van der Waals surface area contributed by atoms with Gasteiger partial charge in [0.1, 0.15) is 6.04 Å². The van der Waals surface area contributed by atoms with Gasteiger partial charge in [-0.2, -0.15) is 0 Å². The molecule has 152 valence electrons. The standard InChI is InChI=1S/C20H28N4O4/c25-18(21-8-9-23-10-12-28-13-11-23)14-22-20(27)17-6-7-19(26)24(17)15-16-4-2-1-3-5-16/h1-5,17H,6-15H2,(H,21,25)(H,22,27). The number of amides is 3. The number of morpholine rings is 1. The normalized spacial score (nSPS) is 20.2. The molecule has 2 aliphatic heterocycles. The third kappa shape index (κ3) is 5.77. The van der Waals surface area contributed by atoms with Gasteiger partial charge in [-0.1, -0.05) is 30.3 Å². The molecule has 1 aromatic rings. The molecule has 0 spiro atoms. The van der Waals surface area contributed by atoms with Crippen LogP contribution in [-0.2, 0) is 25.7 Å². The SMILES string of the molecule is O=C(CNC(=O)C1CCC(=O)N1Cc1ccccc1)NCCN1CCOCC1. The van der Waals surface area contributed by atoms with Crippen molar-refractivity contribution in [2.24, 2.45) is 0 Å². The summed E-state index contributed by atoms with van der Waals surface area (Å²) in [6.07, 6.45) is 0.840. The molecule has 8 nitrogen and oxygen atoms in total. The van der Waals surface area contributed by atoms with Crippen LogP contribution in [-0.4, -0.2) is 79.5 Å². The van der Waals surface area contributed by atoms with Gasteiger partial charge in [0.15, 0.2) is 0 Å². The number of nitrogens with one attached hydrogen (secondary N) is 2. The van der Waals surface area contributed by atoms with Crippen molar-refractivity contribution in [1.29, 1.82) is 0 Å². The molecular formula is C20H28N4O4. The van der Waals surface area contributed by atoms with Crippen LogP contribution in [0.1, 0.15) is 18.4 Å². The number of benzene rings is 1. The summed E-state index contributed by atoms with van der Waals surface area (Å²) in [5, 5.41) is 5.49. The molecule has 0 aliphatic carbocycles. The van der Waals surface area contributed by atoms with E-state index in [0.29, 0.717) is 25.9 Å². The predicted octanol–water partition coefficient (Wildman–Crippen LogP) is -0.258. The molecule has 1 unspecified atom stereocenters. The predicted molar refractivity (Wildman–Crippen MR) is 103 cm³/mol. The van der Waals surface area contributed by atoms with E-state index in [1.54, 1.807) is 4.90 Å². The summed E-state index contributed by atoms with van der Waals surface area (Å²) in [6.45, 7) is 4.84. The van der Waals surface area contributed by atoms with E-state index < -0.39 is 6.04 Å². The number of carbonyl (C=O) groups is 3. The van der Waals surface area contributed by atoms with E-state index in [0.717, 1.165) is 38.4 Å². The van der Waals surface area contributed by atoms with Gasteiger partial charge in [0.2, 0.25) is 17.7 Å². The van der Waals surface area contributed by atoms with E-state index in [4.69, 9.17) is 4.74 Å². The van der Waals surface area contributed by atoms with Crippen LogP contribution in [0.5, 0.6) is 0 Å². The Bertz CT molecular complexity index is 676. The number of hydrogen-bond acceptors (Lipinski definition) is 5. The second-order valence-corrected chi connectivity index (χ2v) is 7.08. The molecule has 1 atom stereocenters. The summed E-state index contributed by atoms with van der Waals surface area (Å²) in [5.41, 5.74) is 0.983. The van der Waals surface area contributed by atoms with Crippen molar-refractivity contribution in [3.63, 3.8) is 0 Å². The van der Waals surface area contributed by atoms with Gasteiger partial charge in [-0.15, -0.1) is 0 Å². The van der Waals surface area contributed by atoms with Gasteiger partial charge in [0, 0.05) is 39.1 Å². The number of ether oxygens (including phenoxy) is 1. The Labute approximate surface area is 165 Å². The smallest absolute Gasteiger partial charge is 0.243 e. The molecule has 3 rings (SSSR count). The van der Waals surface area contributed by atoms with Gasteiger partial charge in [0.05, 0.1) is 19.8 Å². The van der Waals surface area contributed by atoms with Gasteiger partial charge in [0.25, 0.3) is 0 Å². The van der Waals surface area contributed by atoms with E-state index in [-0.39, 0.29) is 24.3 Å². The maximum Gasteiger partial charge on any atom is 0.243 e. The summed E-state index contributed by atoms with van der Waals surface area (Å²) in [6, 6.07) is 9.08. The fraction of sp³-hybridized carbons (Fsp3) is 0.550. The summed E-state index contributed by atoms with van der Waals surface area (Å²) in [7, 11) is 0. The molecule has 2 aliphatic rings. The van der Waals surface area contributed by atoms with Crippen molar-refractivity contribution in [3.8, 4) is 0 Å². The molecule has 2 saturated heterocycles. The second-order valence-electron chi connectivity index (χ2n) is 7.08. The first-order valence-corrected chi connectivity index (χ1v) is 9.81. The lowest BCUT2D eigenvalue weighted by molar-refractivity contribution is -0.136. The average molecular weight is 388 g/mol. The highest BCUT2D eigenvalue weighted by Gasteiger charge is 2.35. The van der Waals surface area contributed by atoms with Crippen molar-refractivity contribution in [2.45, 2.75) is 25.4 Å². The molecule has 0 radical (unpaired) electrons. The number of carbonyl (C=O) groups excluding carboxylic acids is 3. The Morgan fingerprint density at radius 3 is 2.61 bits per heavy atom. The van der Waals surface area contributed by atoms with Crippen LogP contribution in [0.3, 0.4) is 0 Å². The summed E-state index contributed by atoms with van der Waals surface area (Å²) >= 11 is 0. The van der Waals surface area contributed by atoms with Crippen LogP contribution in [0, 0.1) is 0 Å². The lowest BCUT2D eigenvalue weighted by atomic mass is 10.1. The lowest BCUT2D eigenvalue weighted by Crippen LogP contribution is -2.48. The highest BCUT2D eigenvalue weighted by molar-refractivity contribution is 5.92. The zero-order valence-corrected chi connectivity index (χ0v) is 16.1. The third-order valence-electron chi connectivity index (χ3n) is 5.10. The molecule has 2 N–H and O–H groups in total. The maximum atomic E-state index is 12.5. The highest BCUT2D eigenvalue weighted by Crippen LogP contribution is 2.21. The third-order valence-corrected chi connectivity index (χ3v) is 5.10. The molecule has 2 heterocycles. The molecule has 0 aromatic heterocycles. The monoisotopic (exact) mass is 388 g/mol. The Morgan fingerprint density at radius 1 is 1.11 bits per heavy atom. The number of hydrogen-bond donors (Lipinski definition) is 2. The Balaban J connectivity index is 1.40. The average Bonchev–Trinajstić information content (AvgIpc) is 3.08. The summed E-state index contributed by atoms with van der Waals surface area (Å²) < 4.78 is 5.29. The fourth-order valence-electron chi connectivity index (χ4n) is 3.51. The first kappa shape index (κ1) is 20.3. The molecule has 8 heteroatoms. The van der Waals surface area contributed by atoms with E-state index in [2.05, 4.69) is 15.5 Å². The Morgan fingerprint density at radius 2 is 1.86 bits per heavy atom. The van der Waals surface area contributed by atoms with Gasteiger partial charge in [-0.25, -0.2) is 0 Å². The number of nitrogens with zero attached hydrogens (tertiary/aromatic N) is 2. The van der Waals surface area contributed by atoms with Gasteiger partial charge in [-0.3, -0.25) is 19.3 Å². The first-order valence-electron chi connectivity index (χ1n) is 9.81. The molecule has 3 amide bonds. The minimum atomic E-state index is -0.520. The molecule has 2 fully saturated rings. The van der Waals surface area contributed by atoms with Crippen LogP contribution in [0.15, 0.2) is 30.3 Å². The summed E-state index contributed by atoms with van der Waals surface area (Å²) in [4.78, 5) is 40.5. The van der Waals surface area contributed by atoms with Crippen LogP contribution in [0.25, 0.3) is 0 Å². The maximum absolute atomic E-state index is 12.5. The molecular weight excluding hydrogens is 360 g/mol. The first-order chi connectivity index (χ1) is 13.6.